The molecule has 0 aromatic heterocycles. The normalized spacial score (nSPS) is 13.4. The number of benzene rings is 2. The fourth-order valence-corrected chi connectivity index (χ4v) is 3.11. The van der Waals surface area contributed by atoms with Crippen LogP contribution in [0.2, 0.25) is 0 Å². The second-order valence-electron chi connectivity index (χ2n) is 4.38. The summed E-state index contributed by atoms with van der Waals surface area (Å²) in [5.41, 5.74) is 1.07. The molecule has 2 nitrogen and oxygen atoms in total. The van der Waals surface area contributed by atoms with Gasteiger partial charge in [0.15, 0.2) is 0 Å². The van der Waals surface area contributed by atoms with Crippen LogP contribution >= 0.6 is 11.8 Å². The van der Waals surface area contributed by atoms with Gasteiger partial charge in [0.1, 0.15) is 0 Å². The number of fused-ring (bicyclic) bond motifs is 2. The lowest BCUT2D eigenvalue weighted by Gasteiger charge is -2.23. The second-order valence-corrected chi connectivity index (χ2v) is 5.47. The first-order valence-electron chi connectivity index (χ1n) is 5.88. The summed E-state index contributed by atoms with van der Waals surface area (Å²) in [5, 5.41) is 12.3. The van der Waals surface area contributed by atoms with Gasteiger partial charge < -0.3 is 10.4 Å². The minimum absolute atomic E-state index is 0.162. The highest BCUT2D eigenvalue weighted by molar-refractivity contribution is 7.99. The van der Waals surface area contributed by atoms with E-state index in [0.29, 0.717) is 16.9 Å². The molecule has 0 radical (unpaired) electrons. The number of anilines is 2. The third-order valence-corrected chi connectivity index (χ3v) is 4.21. The first-order valence-corrected chi connectivity index (χ1v) is 6.69. The largest absolute Gasteiger partial charge is 0.416 e. The van der Waals surface area contributed by atoms with Crippen molar-refractivity contribution >= 4 is 23.1 Å². The third kappa shape index (κ3) is 2.25. The van der Waals surface area contributed by atoms with Gasteiger partial charge in [-0.15, -0.1) is 0 Å². The summed E-state index contributed by atoms with van der Waals surface area (Å²) in [6, 6.07) is 9.06. The van der Waals surface area contributed by atoms with Gasteiger partial charge >= 0.3 is 6.18 Å². The summed E-state index contributed by atoms with van der Waals surface area (Å²) in [4.78, 5) is 1.63. The standard InChI is InChI=1S/C14H10F3NOS/c15-14(16,17)9-4-5-11-10(6-9)18-13-8(7-19)2-1-3-12(13)20-11/h1-6,18-19H,7H2. The molecule has 0 bridgehead atoms. The van der Waals surface area contributed by atoms with Gasteiger partial charge in [-0.3, -0.25) is 0 Å². The minimum Gasteiger partial charge on any atom is -0.392 e. The zero-order chi connectivity index (χ0) is 14.3. The number of para-hydroxylation sites is 1. The van der Waals surface area contributed by atoms with Gasteiger partial charge in [0.25, 0.3) is 0 Å². The average Bonchev–Trinajstić information content (AvgIpc) is 2.42. The van der Waals surface area contributed by atoms with Crippen LogP contribution in [0.25, 0.3) is 0 Å². The van der Waals surface area contributed by atoms with E-state index in [4.69, 9.17) is 0 Å². The SMILES string of the molecule is OCc1cccc2c1Nc1cc(C(F)(F)F)ccc1S2. The number of halogens is 3. The summed E-state index contributed by atoms with van der Waals surface area (Å²) >= 11 is 1.39. The summed E-state index contributed by atoms with van der Waals surface area (Å²) in [6.07, 6.45) is -4.36. The van der Waals surface area contributed by atoms with Crippen molar-refractivity contribution in [2.75, 3.05) is 5.32 Å². The van der Waals surface area contributed by atoms with E-state index < -0.39 is 11.7 Å². The Balaban J connectivity index is 2.05. The van der Waals surface area contributed by atoms with Crippen molar-refractivity contribution in [3.8, 4) is 0 Å². The molecule has 2 aromatic carbocycles. The molecule has 1 heterocycles. The molecule has 20 heavy (non-hydrogen) atoms. The molecule has 0 saturated carbocycles. The molecule has 2 aromatic rings. The van der Waals surface area contributed by atoms with Gasteiger partial charge in [0, 0.05) is 15.4 Å². The van der Waals surface area contributed by atoms with Crippen LogP contribution in [-0.2, 0) is 12.8 Å². The van der Waals surface area contributed by atoms with Crippen LogP contribution in [0.15, 0.2) is 46.2 Å². The number of aliphatic hydroxyl groups excluding tert-OH is 1. The van der Waals surface area contributed by atoms with E-state index in [2.05, 4.69) is 5.32 Å². The molecule has 0 amide bonds. The molecule has 0 unspecified atom stereocenters. The highest BCUT2D eigenvalue weighted by atomic mass is 32.2. The maximum Gasteiger partial charge on any atom is 0.416 e. The Morgan fingerprint density at radius 3 is 2.60 bits per heavy atom. The number of rotatable bonds is 1. The molecule has 2 N–H and O–H groups in total. The molecule has 0 aliphatic carbocycles. The smallest absolute Gasteiger partial charge is 0.392 e. The lowest BCUT2D eigenvalue weighted by atomic mass is 10.1. The topological polar surface area (TPSA) is 32.3 Å². The van der Waals surface area contributed by atoms with Gasteiger partial charge in [0.2, 0.25) is 0 Å². The van der Waals surface area contributed by atoms with Crippen LogP contribution < -0.4 is 5.32 Å². The van der Waals surface area contributed by atoms with Crippen molar-refractivity contribution in [1.82, 2.24) is 0 Å². The summed E-state index contributed by atoms with van der Waals surface area (Å²) in [5.74, 6) is 0. The minimum atomic E-state index is -4.36. The predicted octanol–water partition coefficient (Wildman–Crippen LogP) is 4.41. The molecule has 1 aliphatic heterocycles. The van der Waals surface area contributed by atoms with Crippen molar-refractivity contribution < 1.29 is 18.3 Å². The van der Waals surface area contributed by atoms with Crippen LogP contribution in [-0.4, -0.2) is 5.11 Å². The van der Waals surface area contributed by atoms with Crippen molar-refractivity contribution in [2.45, 2.75) is 22.6 Å². The number of aliphatic hydroxyl groups is 1. The van der Waals surface area contributed by atoms with Crippen molar-refractivity contribution in [3.63, 3.8) is 0 Å². The van der Waals surface area contributed by atoms with Crippen LogP contribution in [0.5, 0.6) is 0 Å². The lowest BCUT2D eigenvalue weighted by molar-refractivity contribution is -0.137. The number of alkyl halides is 3. The molecule has 6 heteroatoms. The fraction of sp³-hybridized carbons (Fsp3) is 0.143. The van der Waals surface area contributed by atoms with E-state index in [0.717, 1.165) is 21.9 Å². The number of hydrogen-bond acceptors (Lipinski definition) is 3. The van der Waals surface area contributed by atoms with E-state index in [1.807, 2.05) is 12.1 Å². The van der Waals surface area contributed by atoms with Gasteiger partial charge in [-0.1, -0.05) is 23.9 Å². The average molecular weight is 297 g/mol. The molecule has 1 aliphatic rings. The predicted molar refractivity (Wildman–Crippen MR) is 71.2 cm³/mol. The van der Waals surface area contributed by atoms with Crippen LogP contribution in [0, 0.1) is 0 Å². The Labute approximate surface area is 117 Å². The molecule has 104 valence electrons. The van der Waals surface area contributed by atoms with E-state index in [-0.39, 0.29) is 6.61 Å². The first kappa shape index (κ1) is 13.3. The van der Waals surface area contributed by atoms with Gasteiger partial charge in [0.05, 0.1) is 23.5 Å². The monoisotopic (exact) mass is 297 g/mol. The summed E-state index contributed by atoms with van der Waals surface area (Å²) < 4.78 is 38.2. The van der Waals surface area contributed by atoms with Crippen LogP contribution in [0.3, 0.4) is 0 Å². The molecular weight excluding hydrogens is 287 g/mol. The van der Waals surface area contributed by atoms with Crippen molar-refractivity contribution in [1.29, 1.82) is 0 Å². The second kappa shape index (κ2) is 4.71. The quantitative estimate of drug-likeness (QED) is 0.698. The number of hydrogen-bond donors (Lipinski definition) is 2. The molecule has 0 spiro atoms. The van der Waals surface area contributed by atoms with E-state index in [9.17, 15) is 18.3 Å². The van der Waals surface area contributed by atoms with Crippen LogP contribution in [0.1, 0.15) is 11.1 Å². The lowest BCUT2D eigenvalue weighted by Crippen LogP contribution is -2.08. The maximum absolute atomic E-state index is 12.7. The Morgan fingerprint density at radius 1 is 1.10 bits per heavy atom. The summed E-state index contributed by atoms with van der Waals surface area (Å²) in [7, 11) is 0. The molecule has 0 fully saturated rings. The first-order chi connectivity index (χ1) is 9.49. The van der Waals surface area contributed by atoms with E-state index >= 15 is 0 Å². The Bertz CT molecular complexity index is 670. The molecular formula is C14H10F3NOS. The zero-order valence-electron chi connectivity index (χ0n) is 10.2. The highest BCUT2D eigenvalue weighted by Gasteiger charge is 2.31. The van der Waals surface area contributed by atoms with E-state index in [1.54, 1.807) is 6.07 Å². The molecule has 3 rings (SSSR count). The van der Waals surface area contributed by atoms with Crippen LogP contribution in [0.4, 0.5) is 24.5 Å². The van der Waals surface area contributed by atoms with Crippen molar-refractivity contribution in [3.05, 3.63) is 47.5 Å². The fourth-order valence-electron chi connectivity index (χ4n) is 2.08. The molecule has 0 atom stereocenters. The Kier molecular flexibility index (Phi) is 3.14. The van der Waals surface area contributed by atoms with E-state index in [1.165, 1.54) is 17.8 Å². The van der Waals surface area contributed by atoms with Crippen molar-refractivity contribution in [2.24, 2.45) is 0 Å². The molecule has 0 saturated heterocycles. The number of nitrogens with one attached hydrogen (secondary N) is 1. The highest BCUT2D eigenvalue weighted by Crippen LogP contribution is 2.47. The Morgan fingerprint density at radius 2 is 1.90 bits per heavy atom. The van der Waals surface area contributed by atoms with Gasteiger partial charge in [-0.25, -0.2) is 0 Å². The zero-order valence-corrected chi connectivity index (χ0v) is 11.0. The Hall–Kier alpha value is -1.66. The third-order valence-electron chi connectivity index (χ3n) is 3.07. The maximum atomic E-state index is 12.7. The summed E-state index contributed by atoms with van der Waals surface area (Å²) in [6.45, 7) is -0.162. The van der Waals surface area contributed by atoms with Gasteiger partial charge in [-0.2, -0.15) is 13.2 Å². The van der Waals surface area contributed by atoms with Gasteiger partial charge in [-0.05, 0) is 24.3 Å².